The van der Waals surface area contributed by atoms with E-state index in [0.29, 0.717) is 5.92 Å². The molecule has 6 aliphatic rings. The predicted molar refractivity (Wildman–Crippen MR) is 159 cm³/mol. The van der Waals surface area contributed by atoms with Gasteiger partial charge in [-0.3, -0.25) is 9.59 Å². The Morgan fingerprint density at radius 1 is 0.750 bits per heavy atom. The second-order valence-electron chi connectivity index (χ2n) is 16.5. The molecule has 5 nitrogen and oxygen atoms in total. The number of hydrogen-bond donors (Lipinski definition) is 0. The lowest BCUT2D eigenvalue weighted by molar-refractivity contribution is -0.248. The number of ether oxygens (including phenoxy) is 3. The minimum absolute atomic E-state index is 0.00477. The summed E-state index contributed by atoms with van der Waals surface area (Å²) in [6.07, 6.45) is 12.9. The number of hydrogen-bond acceptors (Lipinski definition) is 5. The zero-order chi connectivity index (χ0) is 29.7. The summed E-state index contributed by atoms with van der Waals surface area (Å²) in [6.45, 7) is 20.4. The molecule has 0 aliphatic heterocycles. The lowest BCUT2D eigenvalue weighted by Gasteiger charge is -2.56. The van der Waals surface area contributed by atoms with Gasteiger partial charge < -0.3 is 14.2 Å². The van der Waals surface area contributed by atoms with Crippen molar-refractivity contribution in [3.63, 3.8) is 0 Å². The summed E-state index contributed by atoms with van der Waals surface area (Å²) in [7, 11) is 0. The first kappa shape index (κ1) is 31.8. The molecule has 6 saturated carbocycles. The average molecular weight is 561 g/mol. The second-order valence-corrected chi connectivity index (χ2v) is 16.5. The van der Waals surface area contributed by atoms with Gasteiger partial charge in [0.15, 0.2) is 0 Å². The third kappa shape index (κ3) is 6.76. The lowest BCUT2D eigenvalue weighted by atomic mass is 9.54. The van der Waals surface area contributed by atoms with Crippen LogP contribution in [-0.2, 0) is 23.8 Å². The van der Waals surface area contributed by atoms with Crippen molar-refractivity contribution in [1.82, 2.24) is 0 Å². The van der Waals surface area contributed by atoms with E-state index < -0.39 is 11.7 Å². The molecule has 0 aromatic carbocycles. The van der Waals surface area contributed by atoms with Crippen molar-refractivity contribution < 1.29 is 23.8 Å². The van der Waals surface area contributed by atoms with Gasteiger partial charge in [0.25, 0.3) is 0 Å². The maximum absolute atomic E-state index is 12.3. The number of carbonyl (C=O) groups excluding carboxylic acids is 2. The van der Waals surface area contributed by atoms with Gasteiger partial charge in [-0.15, -0.1) is 0 Å². The molecule has 0 saturated heterocycles. The monoisotopic (exact) mass is 560 g/mol. The van der Waals surface area contributed by atoms with Gasteiger partial charge in [0, 0.05) is 5.92 Å². The Kier molecular flexibility index (Phi) is 9.17. The summed E-state index contributed by atoms with van der Waals surface area (Å²) in [5.74, 6) is 5.46. The van der Waals surface area contributed by atoms with Crippen LogP contribution in [0, 0.1) is 52.3 Å². The van der Waals surface area contributed by atoms with Crippen molar-refractivity contribution in [2.45, 2.75) is 157 Å². The van der Waals surface area contributed by atoms with Gasteiger partial charge in [-0.2, -0.15) is 0 Å². The Morgan fingerprint density at radius 2 is 1.25 bits per heavy atom. The minimum Gasteiger partial charge on any atom is -0.459 e. The number of carbonyl (C=O) groups is 2. The topological polar surface area (TPSA) is 61.8 Å². The summed E-state index contributed by atoms with van der Waals surface area (Å²) in [4.78, 5) is 24.5. The predicted octanol–water partition coefficient (Wildman–Crippen LogP) is 8.72. The fourth-order valence-corrected chi connectivity index (χ4v) is 9.02. The van der Waals surface area contributed by atoms with Crippen molar-refractivity contribution in [1.29, 1.82) is 0 Å². The van der Waals surface area contributed by atoms with E-state index in [1.807, 2.05) is 48.5 Å². The number of esters is 2. The van der Waals surface area contributed by atoms with Gasteiger partial charge >= 0.3 is 11.9 Å². The molecule has 0 N–H and O–H groups in total. The SMILES string of the molecule is CCC(C)(C)C(=O)OC(C)(C)C1CC2CC1CC2C.CCC(C)(C)C(=O)OC(C)OC12CC3CC(CC(C3)C1)C2. The van der Waals surface area contributed by atoms with Crippen LogP contribution in [0.25, 0.3) is 0 Å². The van der Waals surface area contributed by atoms with Crippen LogP contribution in [0.15, 0.2) is 0 Å². The standard InChI is InChI=1S/C18H30O3.C17H30O2/c1-5-17(3,4)16(19)20-12(2)21-18-9-13-6-14(10-18)8-15(7-13)11-18;1-7-16(3,4)15(18)19-17(5,6)14-10-12-9-13(14)8-11(12)2/h12-15H,5-11H2,1-4H3;11-14H,7-10H2,1-6H3. The third-order valence-electron chi connectivity index (χ3n) is 12.0. The molecule has 5 unspecified atom stereocenters. The van der Waals surface area contributed by atoms with Crippen molar-refractivity contribution in [2.24, 2.45) is 52.3 Å². The highest BCUT2D eigenvalue weighted by Crippen LogP contribution is 2.58. The molecule has 6 rings (SSSR count). The quantitative estimate of drug-likeness (QED) is 0.208. The van der Waals surface area contributed by atoms with Crippen molar-refractivity contribution in [3.05, 3.63) is 0 Å². The minimum atomic E-state index is -0.418. The molecule has 6 aliphatic carbocycles. The van der Waals surface area contributed by atoms with Gasteiger partial charge in [0.1, 0.15) is 5.60 Å². The van der Waals surface area contributed by atoms with E-state index in [9.17, 15) is 9.59 Å². The summed E-state index contributed by atoms with van der Waals surface area (Å²) < 4.78 is 17.8. The van der Waals surface area contributed by atoms with Crippen molar-refractivity contribution in [3.8, 4) is 0 Å². The fraction of sp³-hybridized carbons (Fsp3) is 0.943. The first-order chi connectivity index (χ1) is 18.5. The fourth-order valence-electron chi connectivity index (χ4n) is 9.02. The molecule has 5 atom stereocenters. The van der Waals surface area contributed by atoms with E-state index in [1.165, 1.54) is 57.8 Å². The van der Waals surface area contributed by atoms with E-state index in [0.717, 1.165) is 48.3 Å². The van der Waals surface area contributed by atoms with Crippen LogP contribution in [-0.4, -0.2) is 29.4 Å². The molecular formula is C35H60O5. The van der Waals surface area contributed by atoms with Crippen LogP contribution in [0.1, 0.15) is 140 Å². The normalized spacial score (nSPS) is 37.1. The molecule has 6 fully saturated rings. The van der Waals surface area contributed by atoms with Crippen LogP contribution in [0.4, 0.5) is 0 Å². The van der Waals surface area contributed by atoms with E-state index in [1.54, 1.807) is 0 Å². The van der Waals surface area contributed by atoms with Crippen LogP contribution in [0.5, 0.6) is 0 Å². The highest BCUT2D eigenvalue weighted by atomic mass is 16.7. The zero-order valence-corrected chi connectivity index (χ0v) is 27.4. The average Bonchev–Trinajstić information content (AvgIpc) is 3.43. The largest absolute Gasteiger partial charge is 0.459 e. The third-order valence-corrected chi connectivity index (χ3v) is 12.0. The molecule has 0 amide bonds. The smallest absolute Gasteiger partial charge is 0.313 e. The molecule has 40 heavy (non-hydrogen) atoms. The molecule has 0 heterocycles. The molecule has 230 valence electrons. The zero-order valence-electron chi connectivity index (χ0n) is 27.4. The molecule has 0 aromatic heterocycles. The van der Waals surface area contributed by atoms with Crippen molar-refractivity contribution >= 4 is 11.9 Å². The van der Waals surface area contributed by atoms with E-state index in [4.69, 9.17) is 14.2 Å². The highest BCUT2D eigenvalue weighted by Gasteiger charge is 2.53. The molecule has 0 aromatic rings. The van der Waals surface area contributed by atoms with Gasteiger partial charge in [-0.05, 0) is 155 Å². The Morgan fingerprint density at radius 3 is 1.68 bits per heavy atom. The molecule has 0 radical (unpaired) electrons. The van der Waals surface area contributed by atoms with Crippen LogP contribution >= 0.6 is 0 Å². The van der Waals surface area contributed by atoms with Crippen LogP contribution < -0.4 is 0 Å². The van der Waals surface area contributed by atoms with E-state index in [2.05, 4.69) is 20.8 Å². The maximum atomic E-state index is 12.3. The van der Waals surface area contributed by atoms with Gasteiger partial charge in [0.05, 0.1) is 16.4 Å². The lowest BCUT2D eigenvalue weighted by Crippen LogP contribution is -2.53. The summed E-state index contributed by atoms with van der Waals surface area (Å²) in [5, 5.41) is 0. The number of rotatable bonds is 9. The van der Waals surface area contributed by atoms with Gasteiger partial charge in [-0.1, -0.05) is 20.8 Å². The maximum Gasteiger partial charge on any atom is 0.313 e. The first-order valence-electron chi connectivity index (χ1n) is 16.6. The molecular weight excluding hydrogens is 500 g/mol. The van der Waals surface area contributed by atoms with Gasteiger partial charge in [-0.25, -0.2) is 0 Å². The van der Waals surface area contributed by atoms with E-state index in [-0.39, 0.29) is 28.6 Å². The Balaban J connectivity index is 0.000000186. The summed E-state index contributed by atoms with van der Waals surface area (Å²) in [6, 6.07) is 0. The molecule has 0 spiro atoms. The Bertz CT molecular complexity index is 879. The molecule has 6 bridgehead atoms. The second kappa shape index (κ2) is 11.5. The van der Waals surface area contributed by atoms with Gasteiger partial charge in [0.2, 0.25) is 6.29 Å². The van der Waals surface area contributed by atoms with E-state index >= 15 is 0 Å². The molecule has 5 heteroatoms. The number of fused-ring (bicyclic) bond motifs is 2. The summed E-state index contributed by atoms with van der Waals surface area (Å²) >= 11 is 0. The summed E-state index contributed by atoms with van der Waals surface area (Å²) in [5.41, 5.74) is -1.07. The first-order valence-corrected chi connectivity index (χ1v) is 16.6. The Hall–Kier alpha value is -1.10. The highest BCUT2D eigenvalue weighted by molar-refractivity contribution is 5.76. The van der Waals surface area contributed by atoms with Crippen LogP contribution in [0.2, 0.25) is 0 Å². The van der Waals surface area contributed by atoms with Crippen LogP contribution in [0.3, 0.4) is 0 Å². The Labute approximate surface area is 245 Å². The van der Waals surface area contributed by atoms with Crippen molar-refractivity contribution in [2.75, 3.05) is 0 Å².